The molecular weight excluding hydrogens is 290 g/mol. The Hall–Kier alpha value is -1.26. The first kappa shape index (κ1) is 16.1. The van der Waals surface area contributed by atoms with Crippen molar-refractivity contribution in [3.05, 3.63) is 29.3 Å². The predicted octanol–water partition coefficient (Wildman–Crippen LogP) is 3.15. The molecule has 2 unspecified atom stereocenters. The molecule has 1 fully saturated rings. The number of hydrogen-bond donors (Lipinski definition) is 1. The Morgan fingerprint density at radius 1 is 1.48 bits per heavy atom. The van der Waals surface area contributed by atoms with Gasteiger partial charge in [-0.2, -0.15) is 0 Å². The molecule has 1 heterocycles. The van der Waals surface area contributed by atoms with Crippen LogP contribution in [0.15, 0.2) is 24.3 Å². The SMILES string of the molecule is CC1CC(C(=O)O)CN(CCCOc2cccc(Cl)c2)C1. The van der Waals surface area contributed by atoms with E-state index in [0.717, 1.165) is 31.7 Å². The molecule has 0 aromatic heterocycles. The molecule has 2 atom stereocenters. The first-order valence-corrected chi connectivity index (χ1v) is 7.76. The Balaban J connectivity index is 1.71. The van der Waals surface area contributed by atoms with Gasteiger partial charge in [0, 0.05) is 24.7 Å². The molecule has 21 heavy (non-hydrogen) atoms. The van der Waals surface area contributed by atoms with Crippen LogP contribution in [0.4, 0.5) is 0 Å². The molecule has 0 amide bonds. The van der Waals surface area contributed by atoms with Crippen LogP contribution in [0.5, 0.6) is 5.75 Å². The molecular formula is C16H22ClNO3. The number of aliphatic carboxylic acids is 1. The third-order valence-electron chi connectivity index (χ3n) is 3.77. The van der Waals surface area contributed by atoms with Crippen LogP contribution in [0.2, 0.25) is 5.02 Å². The van der Waals surface area contributed by atoms with Crippen LogP contribution in [0.1, 0.15) is 19.8 Å². The first-order chi connectivity index (χ1) is 10.0. The fraction of sp³-hybridized carbons (Fsp3) is 0.562. The third kappa shape index (κ3) is 5.21. The smallest absolute Gasteiger partial charge is 0.307 e. The molecule has 1 N–H and O–H groups in total. The standard InChI is InChI=1S/C16H22ClNO3/c1-12-8-13(16(19)20)11-18(10-12)6-3-7-21-15-5-2-4-14(17)9-15/h2,4-5,9,12-13H,3,6-8,10-11H2,1H3,(H,19,20). The zero-order chi connectivity index (χ0) is 15.2. The number of carboxylic acid groups (broad SMARTS) is 1. The highest BCUT2D eigenvalue weighted by Gasteiger charge is 2.28. The topological polar surface area (TPSA) is 49.8 Å². The molecule has 0 spiro atoms. The van der Waals surface area contributed by atoms with Crippen LogP contribution >= 0.6 is 11.6 Å². The molecule has 1 aromatic carbocycles. The minimum atomic E-state index is -0.679. The number of carboxylic acids is 1. The van der Waals surface area contributed by atoms with Crippen molar-refractivity contribution >= 4 is 17.6 Å². The number of benzene rings is 1. The van der Waals surface area contributed by atoms with Gasteiger partial charge in [0.25, 0.3) is 0 Å². The van der Waals surface area contributed by atoms with E-state index >= 15 is 0 Å². The highest BCUT2D eigenvalue weighted by Crippen LogP contribution is 2.22. The predicted molar refractivity (Wildman–Crippen MR) is 82.9 cm³/mol. The summed E-state index contributed by atoms with van der Waals surface area (Å²) in [6, 6.07) is 7.36. The number of hydrogen-bond acceptors (Lipinski definition) is 3. The van der Waals surface area contributed by atoms with Gasteiger partial charge in [-0.15, -0.1) is 0 Å². The molecule has 4 nitrogen and oxygen atoms in total. The maximum atomic E-state index is 11.1. The quantitative estimate of drug-likeness (QED) is 0.820. The number of nitrogens with zero attached hydrogens (tertiary/aromatic N) is 1. The Bertz CT molecular complexity index is 480. The van der Waals surface area contributed by atoms with Crippen molar-refractivity contribution in [2.75, 3.05) is 26.2 Å². The van der Waals surface area contributed by atoms with Gasteiger partial charge in [0.15, 0.2) is 0 Å². The molecule has 0 bridgehead atoms. The molecule has 0 saturated carbocycles. The summed E-state index contributed by atoms with van der Waals surface area (Å²) >= 11 is 5.90. The Morgan fingerprint density at radius 2 is 2.29 bits per heavy atom. The van der Waals surface area contributed by atoms with Crippen LogP contribution in [0, 0.1) is 11.8 Å². The zero-order valence-electron chi connectivity index (χ0n) is 12.3. The third-order valence-corrected chi connectivity index (χ3v) is 4.00. The molecule has 0 radical (unpaired) electrons. The Morgan fingerprint density at radius 3 is 3.00 bits per heavy atom. The fourth-order valence-electron chi connectivity index (χ4n) is 2.86. The van der Waals surface area contributed by atoms with E-state index in [2.05, 4.69) is 11.8 Å². The monoisotopic (exact) mass is 311 g/mol. The first-order valence-electron chi connectivity index (χ1n) is 7.38. The van der Waals surface area contributed by atoms with Gasteiger partial charge in [-0.1, -0.05) is 24.6 Å². The van der Waals surface area contributed by atoms with Crippen LogP contribution in [-0.2, 0) is 4.79 Å². The molecule has 1 aromatic rings. The van der Waals surface area contributed by atoms with Gasteiger partial charge in [0.2, 0.25) is 0 Å². The van der Waals surface area contributed by atoms with Crippen molar-refractivity contribution in [3.8, 4) is 5.75 Å². The van der Waals surface area contributed by atoms with Gasteiger partial charge >= 0.3 is 5.97 Å². The molecule has 0 aliphatic carbocycles. The lowest BCUT2D eigenvalue weighted by molar-refractivity contribution is -0.144. The maximum absolute atomic E-state index is 11.1. The second-order valence-corrected chi connectivity index (χ2v) is 6.23. The number of carbonyl (C=O) groups is 1. The summed E-state index contributed by atoms with van der Waals surface area (Å²) in [6.45, 7) is 5.22. The second-order valence-electron chi connectivity index (χ2n) is 5.80. The van der Waals surface area contributed by atoms with Crippen LogP contribution < -0.4 is 4.74 Å². The van der Waals surface area contributed by atoms with Crippen LogP contribution in [-0.4, -0.2) is 42.2 Å². The van der Waals surface area contributed by atoms with Gasteiger partial charge in [-0.05, 0) is 37.0 Å². The number of rotatable bonds is 6. The summed E-state index contributed by atoms with van der Waals surface area (Å²) in [5, 5.41) is 9.82. The highest BCUT2D eigenvalue weighted by molar-refractivity contribution is 6.30. The van der Waals surface area contributed by atoms with E-state index in [1.54, 1.807) is 6.07 Å². The van der Waals surface area contributed by atoms with Gasteiger partial charge < -0.3 is 14.7 Å². The van der Waals surface area contributed by atoms with Crippen molar-refractivity contribution in [2.24, 2.45) is 11.8 Å². The van der Waals surface area contributed by atoms with Crippen molar-refractivity contribution in [1.82, 2.24) is 4.90 Å². The normalized spacial score (nSPS) is 23.0. The summed E-state index contributed by atoms with van der Waals surface area (Å²) in [7, 11) is 0. The zero-order valence-corrected chi connectivity index (χ0v) is 13.1. The maximum Gasteiger partial charge on any atom is 0.307 e. The average Bonchev–Trinajstić information content (AvgIpc) is 2.43. The molecule has 1 saturated heterocycles. The van der Waals surface area contributed by atoms with Crippen molar-refractivity contribution in [3.63, 3.8) is 0 Å². The minimum absolute atomic E-state index is 0.234. The highest BCUT2D eigenvalue weighted by atomic mass is 35.5. The molecule has 1 aliphatic heterocycles. The van der Waals surface area contributed by atoms with Gasteiger partial charge in [-0.25, -0.2) is 0 Å². The van der Waals surface area contributed by atoms with E-state index in [0.29, 0.717) is 24.1 Å². The fourth-order valence-corrected chi connectivity index (χ4v) is 3.04. The lowest BCUT2D eigenvalue weighted by Gasteiger charge is -2.34. The average molecular weight is 312 g/mol. The lowest BCUT2D eigenvalue weighted by Crippen LogP contribution is -2.43. The van der Waals surface area contributed by atoms with E-state index in [9.17, 15) is 4.79 Å². The van der Waals surface area contributed by atoms with E-state index < -0.39 is 5.97 Å². The van der Waals surface area contributed by atoms with E-state index in [4.69, 9.17) is 21.4 Å². The van der Waals surface area contributed by atoms with Gasteiger partial charge in [0.1, 0.15) is 5.75 Å². The summed E-state index contributed by atoms with van der Waals surface area (Å²) in [5.74, 6) is 0.302. The van der Waals surface area contributed by atoms with Crippen molar-refractivity contribution in [1.29, 1.82) is 0 Å². The molecule has 5 heteroatoms. The summed E-state index contributed by atoms with van der Waals surface area (Å²) in [5.41, 5.74) is 0. The lowest BCUT2D eigenvalue weighted by atomic mass is 9.90. The van der Waals surface area contributed by atoms with Gasteiger partial charge in [-0.3, -0.25) is 4.79 Å². The van der Waals surface area contributed by atoms with Crippen LogP contribution in [0.25, 0.3) is 0 Å². The molecule has 1 aliphatic rings. The largest absolute Gasteiger partial charge is 0.493 e. The van der Waals surface area contributed by atoms with Crippen molar-refractivity contribution < 1.29 is 14.6 Å². The minimum Gasteiger partial charge on any atom is -0.493 e. The molecule has 116 valence electrons. The molecule has 2 rings (SSSR count). The van der Waals surface area contributed by atoms with Crippen LogP contribution in [0.3, 0.4) is 0 Å². The Labute approximate surface area is 130 Å². The number of ether oxygens (including phenoxy) is 1. The number of halogens is 1. The van der Waals surface area contributed by atoms with E-state index in [1.165, 1.54) is 0 Å². The summed E-state index contributed by atoms with van der Waals surface area (Å²) < 4.78 is 5.65. The van der Waals surface area contributed by atoms with E-state index in [-0.39, 0.29) is 5.92 Å². The van der Waals surface area contributed by atoms with Gasteiger partial charge in [0.05, 0.1) is 12.5 Å². The number of likely N-dealkylation sites (tertiary alicyclic amines) is 1. The summed E-state index contributed by atoms with van der Waals surface area (Å²) in [6.07, 6.45) is 1.66. The van der Waals surface area contributed by atoms with E-state index in [1.807, 2.05) is 18.2 Å². The second kappa shape index (κ2) is 7.66. The van der Waals surface area contributed by atoms with Crippen molar-refractivity contribution in [2.45, 2.75) is 19.8 Å². The summed E-state index contributed by atoms with van der Waals surface area (Å²) in [4.78, 5) is 13.4. The number of piperidine rings is 1. The Kier molecular flexibility index (Phi) is 5.88.